The van der Waals surface area contributed by atoms with Gasteiger partial charge in [-0.15, -0.1) is 0 Å². The molecule has 0 aliphatic heterocycles. The molecule has 326 valence electrons. The Balaban J connectivity index is 4.65. The molecule has 16 nitrogen and oxygen atoms in total. The van der Waals surface area contributed by atoms with Gasteiger partial charge in [-0.2, -0.15) is 0 Å². The molecule has 0 heterocycles. The van der Waals surface area contributed by atoms with E-state index in [4.69, 9.17) is 22.9 Å². The second kappa shape index (κ2) is 43.5. The fraction of sp³-hybridized carbons (Fsp3) is 1.00. The second-order valence-corrected chi connectivity index (χ2v) is 14.5. The summed E-state index contributed by atoms with van der Waals surface area (Å²) in [4.78, 5) is 9.99. The van der Waals surface area contributed by atoms with Crippen molar-refractivity contribution in [1.82, 2.24) is 62.1 Å². The first kappa shape index (κ1) is 53.4. The Kier molecular flexibility index (Phi) is 43.0. The summed E-state index contributed by atoms with van der Waals surface area (Å²) in [5.74, 6) is 0.721. The maximum absolute atomic E-state index is 5.87. The zero-order valence-corrected chi connectivity index (χ0v) is 35.7. The molecule has 0 aromatic rings. The lowest BCUT2D eigenvalue weighted by Gasteiger charge is -2.25. The van der Waals surface area contributed by atoms with Crippen molar-refractivity contribution in [1.29, 1.82) is 0 Å². The predicted molar refractivity (Wildman–Crippen MR) is 235 cm³/mol. The predicted octanol–water partition coefficient (Wildman–Crippen LogP) is -3.80. The van der Waals surface area contributed by atoms with Crippen LogP contribution in [0.3, 0.4) is 0 Å². The van der Waals surface area contributed by atoms with Crippen molar-refractivity contribution in [3.05, 3.63) is 0 Å². The molecule has 0 saturated carbocycles. The van der Waals surface area contributed by atoms with Crippen LogP contribution >= 0.6 is 0 Å². The van der Waals surface area contributed by atoms with Crippen LogP contribution in [0.1, 0.15) is 32.6 Å². The van der Waals surface area contributed by atoms with E-state index in [-0.39, 0.29) is 0 Å². The molecule has 16 N–H and O–H groups in total. The Morgan fingerprint density at radius 1 is 0.333 bits per heavy atom. The largest absolute Gasteiger partial charge is 0.329 e. The van der Waals surface area contributed by atoms with Crippen molar-refractivity contribution in [3.8, 4) is 0 Å². The van der Waals surface area contributed by atoms with Gasteiger partial charge in [0.1, 0.15) is 0 Å². The summed E-state index contributed by atoms with van der Waals surface area (Å²) in [6.45, 7) is 31.3. The third kappa shape index (κ3) is 35.8. The highest BCUT2D eigenvalue weighted by Crippen LogP contribution is 2.11. The van der Waals surface area contributed by atoms with Crippen molar-refractivity contribution in [2.24, 2.45) is 28.9 Å². The highest BCUT2D eigenvalue weighted by molar-refractivity contribution is 4.70. The summed E-state index contributed by atoms with van der Waals surface area (Å²) in [6, 6.07) is 0. The van der Waals surface area contributed by atoms with Gasteiger partial charge in [0, 0.05) is 170 Å². The van der Waals surface area contributed by atoms with Gasteiger partial charge >= 0.3 is 0 Å². The van der Waals surface area contributed by atoms with Crippen LogP contribution in [0.4, 0.5) is 0 Å². The normalized spacial score (nSPS) is 12.7. The van der Waals surface area contributed by atoms with Crippen LogP contribution in [0.5, 0.6) is 0 Å². The van der Waals surface area contributed by atoms with Crippen LogP contribution < -0.4 is 65.5 Å². The molecule has 0 aromatic carbocycles. The van der Waals surface area contributed by atoms with Gasteiger partial charge in [0.05, 0.1) is 0 Å². The van der Waals surface area contributed by atoms with Gasteiger partial charge in [-0.05, 0) is 71.9 Å². The van der Waals surface area contributed by atoms with Gasteiger partial charge in [0.15, 0.2) is 0 Å². The van der Waals surface area contributed by atoms with Crippen molar-refractivity contribution < 1.29 is 0 Å². The third-order valence-electron chi connectivity index (χ3n) is 9.85. The molecular weight excluding hydrogens is 681 g/mol. The van der Waals surface area contributed by atoms with Crippen molar-refractivity contribution in [3.63, 3.8) is 0 Å². The topological polar surface area (TPSA) is 213 Å². The van der Waals surface area contributed by atoms with E-state index in [1.807, 2.05) is 14.1 Å². The molecule has 0 aliphatic carbocycles. The molecule has 0 bridgehead atoms. The van der Waals surface area contributed by atoms with E-state index in [0.717, 1.165) is 176 Å². The number of hydrogen-bond acceptors (Lipinski definition) is 16. The molecule has 0 fully saturated rings. The molecule has 1 unspecified atom stereocenters. The zero-order valence-electron chi connectivity index (χ0n) is 35.7. The van der Waals surface area contributed by atoms with E-state index >= 15 is 0 Å². The van der Waals surface area contributed by atoms with E-state index in [1.165, 1.54) is 25.7 Å². The van der Waals surface area contributed by atoms with E-state index in [1.54, 1.807) is 0 Å². The van der Waals surface area contributed by atoms with E-state index in [9.17, 15) is 0 Å². The van der Waals surface area contributed by atoms with Gasteiger partial charge in [-0.1, -0.05) is 6.92 Å². The summed E-state index contributed by atoms with van der Waals surface area (Å²) in [5, 5.41) is 28.3. The lowest BCUT2D eigenvalue weighted by atomic mass is 9.97. The quantitative estimate of drug-likeness (QED) is 0.0268. The minimum Gasteiger partial charge on any atom is -0.329 e. The fourth-order valence-electron chi connectivity index (χ4n) is 6.56. The minimum atomic E-state index is 0.674. The van der Waals surface area contributed by atoms with Crippen LogP contribution in [0.15, 0.2) is 0 Å². The van der Waals surface area contributed by atoms with Crippen molar-refractivity contribution in [2.45, 2.75) is 32.6 Å². The van der Waals surface area contributed by atoms with Crippen LogP contribution in [-0.2, 0) is 0 Å². The average molecular weight is 775 g/mol. The Morgan fingerprint density at radius 2 is 0.648 bits per heavy atom. The molecule has 1 atom stereocenters. The first-order chi connectivity index (χ1) is 26.6. The molecule has 54 heavy (non-hydrogen) atoms. The number of nitrogens with zero attached hydrogens (tertiary/aromatic N) is 4. The molecule has 0 rings (SSSR count). The smallest absolute Gasteiger partial charge is 0.0108 e. The number of nitrogens with one attached hydrogen (secondary N) is 8. The summed E-state index contributed by atoms with van der Waals surface area (Å²) < 4.78 is 0. The molecule has 0 saturated heterocycles. The minimum absolute atomic E-state index is 0.674. The van der Waals surface area contributed by atoms with Crippen molar-refractivity contribution >= 4 is 0 Å². The molecule has 0 aliphatic rings. The van der Waals surface area contributed by atoms with Gasteiger partial charge < -0.3 is 70.4 Å². The standard InChI is InChI=1S/C38H94N16/c1-4-26-51(30-20-48-23-34-53(29-11-42)33-19-47-17-16-44-3)31-21-49-24-36-54(37-25-50-22-32-52(27-9-40)28-10-41)35-18-46-14-7-38(5-12-43-2)6-13-45-15-8-39/h38,43-50H,4-37,39-42H2,1-3H3. The maximum Gasteiger partial charge on any atom is 0.0108 e. The number of hydrogen-bond donors (Lipinski definition) is 12. The highest BCUT2D eigenvalue weighted by atomic mass is 15.2. The van der Waals surface area contributed by atoms with Gasteiger partial charge in [-0.3, -0.25) is 14.7 Å². The van der Waals surface area contributed by atoms with E-state index in [2.05, 4.69) is 69.1 Å². The van der Waals surface area contributed by atoms with Crippen LogP contribution in [0, 0.1) is 5.92 Å². The third-order valence-corrected chi connectivity index (χ3v) is 9.85. The Hall–Kier alpha value is -0.640. The first-order valence-corrected chi connectivity index (χ1v) is 21.8. The number of nitrogens with two attached hydrogens (primary N) is 4. The summed E-state index contributed by atoms with van der Waals surface area (Å²) in [5.41, 5.74) is 23.1. The Bertz CT molecular complexity index is 706. The number of rotatable bonds is 46. The molecule has 0 aromatic heterocycles. The van der Waals surface area contributed by atoms with E-state index in [0.29, 0.717) is 26.2 Å². The summed E-state index contributed by atoms with van der Waals surface area (Å²) in [6.07, 6.45) is 4.81. The monoisotopic (exact) mass is 775 g/mol. The van der Waals surface area contributed by atoms with E-state index < -0.39 is 0 Å². The lowest BCUT2D eigenvalue weighted by Crippen LogP contribution is -2.44. The van der Waals surface area contributed by atoms with Crippen molar-refractivity contribution in [2.75, 3.05) is 210 Å². The molecule has 0 amide bonds. The summed E-state index contributed by atoms with van der Waals surface area (Å²) in [7, 11) is 4.03. The Morgan fingerprint density at radius 3 is 1.02 bits per heavy atom. The second-order valence-electron chi connectivity index (χ2n) is 14.5. The van der Waals surface area contributed by atoms with Gasteiger partial charge in [0.25, 0.3) is 0 Å². The SMILES string of the molecule is CCCN(CCNCCN(CCN)CCNCCNC)CCNCCN(CCNCCC(CCNC)CCNCCN)CCNCCN(CCN)CCN. The van der Waals surface area contributed by atoms with Crippen LogP contribution in [-0.4, -0.2) is 230 Å². The molecular formula is C38H94N16. The molecule has 0 spiro atoms. The number of likely N-dealkylation sites (N-methyl/N-ethyl adjacent to an activating group) is 1. The van der Waals surface area contributed by atoms with Crippen LogP contribution in [0.2, 0.25) is 0 Å². The van der Waals surface area contributed by atoms with Crippen LogP contribution in [0.25, 0.3) is 0 Å². The highest BCUT2D eigenvalue weighted by Gasteiger charge is 2.10. The summed E-state index contributed by atoms with van der Waals surface area (Å²) >= 11 is 0. The fourth-order valence-corrected chi connectivity index (χ4v) is 6.56. The zero-order chi connectivity index (χ0) is 39.6. The van der Waals surface area contributed by atoms with Gasteiger partial charge in [0.2, 0.25) is 0 Å². The maximum atomic E-state index is 5.87. The van der Waals surface area contributed by atoms with Gasteiger partial charge in [-0.25, -0.2) is 0 Å². The lowest BCUT2D eigenvalue weighted by molar-refractivity contribution is 0.249. The Labute approximate surface area is 333 Å². The average Bonchev–Trinajstić information content (AvgIpc) is 3.17. The molecule has 0 radical (unpaired) electrons. The molecule has 16 heteroatoms. The first-order valence-electron chi connectivity index (χ1n) is 21.8.